The van der Waals surface area contributed by atoms with Crippen molar-refractivity contribution >= 4 is 11.9 Å². The lowest BCUT2D eigenvalue weighted by atomic mass is 9.86. The smallest absolute Gasteiger partial charge is 0.308 e. The van der Waals surface area contributed by atoms with Crippen molar-refractivity contribution < 1.29 is 19.0 Å². The second-order valence-corrected chi connectivity index (χ2v) is 7.00. The van der Waals surface area contributed by atoms with E-state index in [9.17, 15) is 4.79 Å². The molecular formula is C21H33N3O4. The van der Waals surface area contributed by atoms with Gasteiger partial charge in [0.1, 0.15) is 17.6 Å². The van der Waals surface area contributed by atoms with E-state index in [0.29, 0.717) is 19.2 Å². The molecule has 0 spiro atoms. The Bertz CT molecular complexity index is 625. The van der Waals surface area contributed by atoms with Gasteiger partial charge >= 0.3 is 5.97 Å². The predicted molar refractivity (Wildman–Crippen MR) is 110 cm³/mol. The highest BCUT2D eigenvalue weighted by Gasteiger charge is 2.27. The van der Waals surface area contributed by atoms with E-state index < -0.39 is 0 Å². The van der Waals surface area contributed by atoms with E-state index in [2.05, 4.69) is 15.6 Å². The number of nitrogens with one attached hydrogen (secondary N) is 2. The molecule has 28 heavy (non-hydrogen) atoms. The minimum Gasteiger partial charge on any atom is -0.497 e. The summed E-state index contributed by atoms with van der Waals surface area (Å²) >= 11 is 0. The molecule has 1 atom stereocenters. The zero-order chi connectivity index (χ0) is 20.4. The van der Waals surface area contributed by atoms with Gasteiger partial charge in [-0.1, -0.05) is 0 Å². The van der Waals surface area contributed by atoms with Crippen LogP contribution in [0, 0.1) is 5.92 Å². The number of ether oxygens (including phenoxy) is 3. The molecule has 156 valence electrons. The van der Waals surface area contributed by atoms with E-state index in [1.54, 1.807) is 14.2 Å². The van der Waals surface area contributed by atoms with Crippen LogP contribution in [0.4, 0.5) is 0 Å². The number of nitrogens with zero attached hydrogens (tertiary/aromatic N) is 1. The molecule has 7 nitrogen and oxygen atoms in total. The number of hydrogen-bond donors (Lipinski definition) is 2. The maximum absolute atomic E-state index is 11.8. The van der Waals surface area contributed by atoms with Crippen molar-refractivity contribution in [3.8, 4) is 11.5 Å². The van der Waals surface area contributed by atoms with Crippen LogP contribution in [-0.4, -0.2) is 51.4 Å². The normalized spacial score (nSPS) is 20.8. The zero-order valence-corrected chi connectivity index (χ0v) is 17.4. The fourth-order valence-corrected chi connectivity index (χ4v) is 3.29. The number of carbonyl (C=O) groups is 1. The predicted octanol–water partition coefficient (Wildman–Crippen LogP) is 2.75. The van der Waals surface area contributed by atoms with Crippen LogP contribution in [0.5, 0.6) is 11.5 Å². The van der Waals surface area contributed by atoms with Gasteiger partial charge < -0.3 is 24.8 Å². The molecular weight excluding hydrogens is 358 g/mol. The fraction of sp³-hybridized carbons (Fsp3) is 0.619. The summed E-state index contributed by atoms with van der Waals surface area (Å²) in [7, 11) is 3.40. The Balaban J connectivity index is 1.71. The van der Waals surface area contributed by atoms with Crippen LogP contribution >= 0.6 is 0 Å². The van der Waals surface area contributed by atoms with Gasteiger partial charge in [-0.05, 0) is 63.8 Å². The van der Waals surface area contributed by atoms with E-state index in [-0.39, 0.29) is 18.0 Å². The van der Waals surface area contributed by atoms with Gasteiger partial charge in [-0.2, -0.15) is 0 Å². The molecule has 2 rings (SSSR count). The Hall–Kier alpha value is -2.44. The Morgan fingerprint density at radius 3 is 2.39 bits per heavy atom. The summed E-state index contributed by atoms with van der Waals surface area (Å²) < 4.78 is 16.2. The first-order chi connectivity index (χ1) is 13.5. The number of methoxy groups -OCH3 is 1. The van der Waals surface area contributed by atoms with Gasteiger partial charge in [-0.3, -0.25) is 9.79 Å². The molecule has 1 aliphatic carbocycles. The molecule has 0 aromatic heterocycles. The van der Waals surface area contributed by atoms with Crippen molar-refractivity contribution in [2.75, 3.05) is 27.3 Å². The third-order valence-electron chi connectivity index (χ3n) is 4.87. The molecule has 1 aromatic carbocycles. The summed E-state index contributed by atoms with van der Waals surface area (Å²) in [5.74, 6) is 2.33. The third-order valence-corrected chi connectivity index (χ3v) is 4.87. The number of aliphatic imine (C=N–C) groups is 1. The van der Waals surface area contributed by atoms with Crippen LogP contribution < -0.4 is 20.1 Å². The Morgan fingerprint density at radius 1 is 1.18 bits per heavy atom. The van der Waals surface area contributed by atoms with Crippen molar-refractivity contribution in [1.29, 1.82) is 0 Å². The van der Waals surface area contributed by atoms with Crippen molar-refractivity contribution in [2.24, 2.45) is 10.9 Å². The minimum atomic E-state index is -0.0621. The summed E-state index contributed by atoms with van der Waals surface area (Å²) in [6.45, 7) is 4.93. The number of carbonyl (C=O) groups excluding carboxylic acids is 1. The standard InChI is InChI=1S/C21H33N3O4/c1-5-27-20(25)16-6-8-17(9-7-16)24-21(22-3)23-14-15(2)28-19-12-10-18(26-4)11-13-19/h10-13,15-17H,5-9,14H2,1-4H3,(H2,22,23,24). The molecule has 0 aliphatic heterocycles. The molecule has 1 aliphatic rings. The molecule has 1 unspecified atom stereocenters. The summed E-state index contributed by atoms with van der Waals surface area (Å²) in [6.07, 6.45) is 3.55. The maximum Gasteiger partial charge on any atom is 0.308 e. The molecule has 7 heteroatoms. The Morgan fingerprint density at radius 2 is 1.82 bits per heavy atom. The highest BCUT2D eigenvalue weighted by molar-refractivity contribution is 5.80. The zero-order valence-electron chi connectivity index (χ0n) is 17.4. The lowest BCUT2D eigenvalue weighted by molar-refractivity contribution is -0.149. The number of guanidine groups is 1. The Labute approximate surface area is 167 Å². The topological polar surface area (TPSA) is 81.2 Å². The van der Waals surface area contributed by atoms with Gasteiger partial charge in [0, 0.05) is 13.1 Å². The SMILES string of the molecule is CCOC(=O)C1CCC(NC(=NC)NCC(C)Oc2ccc(OC)cc2)CC1. The van der Waals surface area contributed by atoms with Crippen molar-refractivity contribution in [1.82, 2.24) is 10.6 Å². The number of hydrogen-bond acceptors (Lipinski definition) is 5. The van der Waals surface area contributed by atoms with Crippen LogP contribution in [-0.2, 0) is 9.53 Å². The van der Waals surface area contributed by atoms with E-state index in [0.717, 1.165) is 43.1 Å². The van der Waals surface area contributed by atoms with Crippen molar-refractivity contribution in [2.45, 2.75) is 51.7 Å². The maximum atomic E-state index is 11.8. The molecule has 0 amide bonds. The molecule has 1 saturated carbocycles. The van der Waals surface area contributed by atoms with E-state index in [1.165, 1.54) is 0 Å². The average molecular weight is 392 g/mol. The van der Waals surface area contributed by atoms with Gasteiger partial charge in [0.05, 0.1) is 26.2 Å². The second kappa shape index (κ2) is 11.4. The van der Waals surface area contributed by atoms with E-state index in [4.69, 9.17) is 14.2 Å². The highest BCUT2D eigenvalue weighted by Crippen LogP contribution is 2.25. The molecule has 0 heterocycles. The molecule has 0 bridgehead atoms. The van der Waals surface area contributed by atoms with Crippen LogP contribution in [0.1, 0.15) is 39.5 Å². The lowest BCUT2D eigenvalue weighted by Crippen LogP contribution is -2.47. The fourth-order valence-electron chi connectivity index (χ4n) is 3.29. The number of rotatable bonds is 8. The van der Waals surface area contributed by atoms with Gasteiger partial charge in [0.2, 0.25) is 0 Å². The van der Waals surface area contributed by atoms with Gasteiger partial charge in [0.15, 0.2) is 5.96 Å². The lowest BCUT2D eigenvalue weighted by Gasteiger charge is -2.29. The van der Waals surface area contributed by atoms with Crippen molar-refractivity contribution in [3.63, 3.8) is 0 Å². The van der Waals surface area contributed by atoms with Crippen LogP contribution in [0.2, 0.25) is 0 Å². The van der Waals surface area contributed by atoms with Gasteiger partial charge in [-0.15, -0.1) is 0 Å². The monoisotopic (exact) mass is 391 g/mol. The van der Waals surface area contributed by atoms with Gasteiger partial charge in [0.25, 0.3) is 0 Å². The summed E-state index contributed by atoms with van der Waals surface area (Å²) in [6, 6.07) is 7.86. The second-order valence-electron chi connectivity index (χ2n) is 7.00. The minimum absolute atomic E-state index is 0.0218. The van der Waals surface area contributed by atoms with Crippen molar-refractivity contribution in [3.05, 3.63) is 24.3 Å². The first kappa shape index (κ1) is 21.9. The first-order valence-corrected chi connectivity index (χ1v) is 10.00. The van der Waals surface area contributed by atoms with E-state index in [1.807, 2.05) is 38.1 Å². The summed E-state index contributed by atoms with van der Waals surface area (Å²) in [5.41, 5.74) is 0. The summed E-state index contributed by atoms with van der Waals surface area (Å²) in [5, 5.41) is 6.76. The largest absolute Gasteiger partial charge is 0.497 e. The molecule has 1 aromatic rings. The molecule has 0 saturated heterocycles. The molecule has 0 radical (unpaired) electrons. The summed E-state index contributed by atoms with van der Waals surface area (Å²) in [4.78, 5) is 16.1. The first-order valence-electron chi connectivity index (χ1n) is 10.00. The van der Waals surface area contributed by atoms with Crippen LogP contribution in [0.15, 0.2) is 29.3 Å². The third kappa shape index (κ3) is 6.94. The number of benzene rings is 1. The average Bonchev–Trinajstić information content (AvgIpc) is 2.72. The van der Waals surface area contributed by atoms with Gasteiger partial charge in [-0.25, -0.2) is 0 Å². The highest BCUT2D eigenvalue weighted by atomic mass is 16.5. The Kier molecular flexibility index (Phi) is 8.91. The molecule has 1 fully saturated rings. The van der Waals surface area contributed by atoms with Crippen LogP contribution in [0.25, 0.3) is 0 Å². The molecule has 2 N–H and O–H groups in total. The van der Waals surface area contributed by atoms with E-state index >= 15 is 0 Å². The number of esters is 1. The van der Waals surface area contributed by atoms with Crippen LogP contribution in [0.3, 0.4) is 0 Å². The quantitative estimate of drug-likeness (QED) is 0.403.